The van der Waals surface area contributed by atoms with E-state index in [0.717, 1.165) is 41.5 Å². The van der Waals surface area contributed by atoms with Crippen molar-refractivity contribution in [1.29, 1.82) is 0 Å². The molecule has 0 aliphatic rings. The van der Waals surface area contributed by atoms with Crippen LogP contribution in [0.25, 0.3) is 22.3 Å². The van der Waals surface area contributed by atoms with Crippen LogP contribution in [0.4, 0.5) is 0 Å². The summed E-state index contributed by atoms with van der Waals surface area (Å²) in [6.07, 6.45) is 4.63. The largest absolute Gasteiger partial charge is 0.352 e. The van der Waals surface area contributed by atoms with Crippen LogP contribution in [0.15, 0.2) is 35.3 Å². The molecule has 2 heterocycles. The number of rotatable bonds is 7. The number of halogens is 1. The van der Waals surface area contributed by atoms with Crippen LogP contribution in [0.3, 0.4) is 0 Å². The number of benzene rings is 1. The van der Waals surface area contributed by atoms with Gasteiger partial charge >= 0.3 is 5.69 Å². The predicted octanol–water partition coefficient (Wildman–Crippen LogP) is 3.87. The zero-order valence-corrected chi connectivity index (χ0v) is 16.3. The summed E-state index contributed by atoms with van der Waals surface area (Å²) in [7, 11) is 0. The van der Waals surface area contributed by atoms with Gasteiger partial charge in [-0.3, -0.25) is 14.3 Å². The molecular formula is C20H23ClN4O2. The molecule has 1 aromatic carbocycles. The van der Waals surface area contributed by atoms with Crippen molar-refractivity contribution in [3.05, 3.63) is 51.5 Å². The second-order valence-electron chi connectivity index (χ2n) is 6.57. The fraction of sp³-hybridized carbons (Fsp3) is 0.350. The number of nitrogens with one attached hydrogen (secondary N) is 2. The molecule has 0 spiro atoms. The minimum atomic E-state index is -0.167. The zero-order chi connectivity index (χ0) is 19.4. The van der Waals surface area contributed by atoms with Crippen molar-refractivity contribution in [3.63, 3.8) is 0 Å². The molecule has 0 saturated carbocycles. The number of aryl methyl sites for hydroxylation is 1. The highest BCUT2D eigenvalue weighted by Gasteiger charge is 2.17. The Hall–Kier alpha value is -2.60. The first kappa shape index (κ1) is 19.2. The van der Waals surface area contributed by atoms with Crippen LogP contribution in [-0.2, 0) is 17.9 Å². The molecule has 0 bridgehead atoms. The Morgan fingerprint density at radius 3 is 2.67 bits per heavy atom. The molecule has 7 heteroatoms. The first-order valence-electron chi connectivity index (χ1n) is 9.12. The number of aromatic nitrogens is 3. The maximum atomic E-state index is 12.4. The molecule has 3 rings (SSSR count). The van der Waals surface area contributed by atoms with Gasteiger partial charge in [0.05, 0.1) is 10.5 Å². The fourth-order valence-corrected chi connectivity index (χ4v) is 3.37. The zero-order valence-electron chi connectivity index (χ0n) is 15.5. The van der Waals surface area contributed by atoms with Crippen LogP contribution in [-0.4, -0.2) is 20.4 Å². The number of pyridine rings is 1. The predicted molar refractivity (Wildman–Crippen MR) is 108 cm³/mol. The number of carbonyl (C=O) groups is 1. The molecule has 0 unspecified atom stereocenters. The Morgan fingerprint density at radius 1 is 1.26 bits per heavy atom. The normalized spacial score (nSPS) is 11.1. The van der Waals surface area contributed by atoms with Gasteiger partial charge in [-0.1, -0.05) is 55.6 Å². The summed E-state index contributed by atoms with van der Waals surface area (Å²) in [5.74, 6) is -0.0682. The second-order valence-corrected chi connectivity index (χ2v) is 6.98. The molecule has 0 aliphatic heterocycles. The Morgan fingerprint density at radius 2 is 2.00 bits per heavy atom. The molecule has 0 aliphatic carbocycles. The van der Waals surface area contributed by atoms with Crippen LogP contribution in [0.2, 0.25) is 5.02 Å². The number of fused-ring (bicyclic) bond motifs is 1. The van der Waals surface area contributed by atoms with Gasteiger partial charge < -0.3 is 5.32 Å². The number of unbranched alkanes of at least 4 members (excludes halogenated alkanes) is 2. The molecule has 6 nitrogen and oxygen atoms in total. The van der Waals surface area contributed by atoms with E-state index in [9.17, 15) is 9.59 Å². The highest BCUT2D eigenvalue weighted by atomic mass is 35.5. The van der Waals surface area contributed by atoms with E-state index >= 15 is 0 Å². The molecule has 142 valence electrons. The number of imidazole rings is 1. The number of amides is 1. The molecule has 0 saturated heterocycles. The lowest BCUT2D eigenvalue weighted by Gasteiger charge is -2.11. The third-order valence-electron chi connectivity index (χ3n) is 4.52. The molecule has 2 aromatic heterocycles. The summed E-state index contributed by atoms with van der Waals surface area (Å²) in [4.78, 5) is 30.6. The molecule has 0 atom stereocenters. The van der Waals surface area contributed by atoms with Gasteiger partial charge in [0.15, 0.2) is 5.65 Å². The van der Waals surface area contributed by atoms with Crippen molar-refractivity contribution in [2.45, 2.75) is 46.2 Å². The van der Waals surface area contributed by atoms with Crippen molar-refractivity contribution >= 4 is 28.7 Å². The lowest BCUT2D eigenvalue weighted by atomic mass is 10.0. The molecule has 27 heavy (non-hydrogen) atoms. The quantitative estimate of drug-likeness (QED) is 0.605. The lowest BCUT2D eigenvalue weighted by Crippen LogP contribution is -2.18. The van der Waals surface area contributed by atoms with Crippen LogP contribution in [0.1, 0.15) is 38.7 Å². The number of aromatic amines is 1. The third kappa shape index (κ3) is 4.22. The van der Waals surface area contributed by atoms with Gasteiger partial charge in [-0.2, -0.15) is 0 Å². The van der Waals surface area contributed by atoms with E-state index in [0.29, 0.717) is 23.8 Å². The summed E-state index contributed by atoms with van der Waals surface area (Å²) in [5, 5.41) is 3.28. The van der Waals surface area contributed by atoms with E-state index in [1.807, 2.05) is 24.3 Å². The minimum absolute atomic E-state index is 0.0682. The lowest BCUT2D eigenvalue weighted by molar-refractivity contribution is -0.119. The van der Waals surface area contributed by atoms with Gasteiger partial charge in [0.25, 0.3) is 0 Å². The van der Waals surface area contributed by atoms with Gasteiger partial charge in [-0.05, 0) is 17.5 Å². The Balaban J connectivity index is 2.03. The smallest absolute Gasteiger partial charge is 0.327 e. The third-order valence-corrected chi connectivity index (χ3v) is 4.80. The van der Waals surface area contributed by atoms with Crippen molar-refractivity contribution in [3.8, 4) is 11.1 Å². The molecule has 3 aromatic rings. The van der Waals surface area contributed by atoms with Crippen molar-refractivity contribution in [2.24, 2.45) is 0 Å². The van der Waals surface area contributed by atoms with Crippen molar-refractivity contribution < 1.29 is 4.79 Å². The Labute approximate surface area is 162 Å². The van der Waals surface area contributed by atoms with Gasteiger partial charge in [0, 0.05) is 31.8 Å². The highest BCUT2D eigenvalue weighted by molar-refractivity contribution is 6.34. The second kappa shape index (κ2) is 8.39. The van der Waals surface area contributed by atoms with Gasteiger partial charge in [0.2, 0.25) is 5.91 Å². The van der Waals surface area contributed by atoms with Crippen LogP contribution in [0.5, 0.6) is 0 Å². The van der Waals surface area contributed by atoms with Gasteiger partial charge in [0.1, 0.15) is 0 Å². The van der Waals surface area contributed by atoms with E-state index in [1.54, 1.807) is 10.8 Å². The topological polar surface area (TPSA) is 79.8 Å². The molecule has 0 radical (unpaired) electrons. The first-order valence-corrected chi connectivity index (χ1v) is 9.49. The maximum absolute atomic E-state index is 12.4. The average Bonchev–Trinajstić information content (AvgIpc) is 2.96. The average molecular weight is 387 g/mol. The summed E-state index contributed by atoms with van der Waals surface area (Å²) in [6, 6.07) is 7.79. The van der Waals surface area contributed by atoms with E-state index in [4.69, 9.17) is 11.6 Å². The monoisotopic (exact) mass is 386 g/mol. The van der Waals surface area contributed by atoms with Crippen molar-refractivity contribution in [2.75, 3.05) is 0 Å². The SMILES string of the molecule is CCCCCn1c(=O)[nH]c2ncc(Cl)c(-c3ccc(CNC(C)=O)cc3)c21. The number of nitrogens with zero attached hydrogens (tertiary/aromatic N) is 2. The number of H-pyrrole nitrogens is 1. The Kier molecular flexibility index (Phi) is 5.96. The van der Waals surface area contributed by atoms with Crippen LogP contribution >= 0.6 is 11.6 Å². The fourth-order valence-electron chi connectivity index (χ4n) is 3.13. The minimum Gasteiger partial charge on any atom is -0.352 e. The van der Waals surface area contributed by atoms with E-state index in [-0.39, 0.29) is 11.6 Å². The first-order chi connectivity index (χ1) is 13.0. The summed E-state index contributed by atoms with van der Waals surface area (Å²) in [6.45, 7) is 4.72. The molecule has 1 amide bonds. The summed E-state index contributed by atoms with van der Waals surface area (Å²) >= 11 is 6.47. The highest BCUT2D eigenvalue weighted by Crippen LogP contribution is 2.33. The standard InChI is InChI=1S/C20H23ClN4O2/c1-3-4-5-10-25-18-17(16(21)12-23-19(18)24-20(25)27)15-8-6-14(7-9-15)11-22-13(2)26/h6-9,12H,3-5,10-11H2,1-2H3,(H,22,26)(H,23,24,27). The van der Waals surface area contributed by atoms with Crippen LogP contribution < -0.4 is 11.0 Å². The summed E-state index contributed by atoms with van der Waals surface area (Å²) in [5.41, 5.74) is 3.80. The van der Waals surface area contributed by atoms with Crippen molar-refractivity contribution in [1.82, 2.24) is 19.9 Å². The van der Waals surface area contributed by atoms with E-state index in [1.165, 1.54) is 6.92 Å². The Bertz CT molecular complexity index is 1010. The van der Waals surface area contributed by atoms with Gasteiger partial charge in [-0.25, -0.2) is 9.78 Å². The number of hydrogen-bond acceptors (Lipinski definition) is 3. The number of carbonyl (C=O) groups excluding carboxylic acids is 1. The van der Waals surface area contributed by atoms with Gasteiger partial charge in [-0.15, -0.1) is 0 Å². The molecule has 2 N–H and O–H groups in total. The maximum Gasteiger partial charge on any atom is 0.327 e. The molecule has 0 fully saturated rings. The molecular weight excluding hydrogens is 364 g/mol. The summed E-state index contributed by atoms with van der Waals surface area (Å²) < 4.78 is 1.73. The van der Waals surface area contributed by atoms with Crippen LogP contribution in [0, 0.1) is 0 Å². The van der Waals surface area contributed by atoms with E-state index < -0.39 is 0 Å². The number of hydrogen-bond donors (Lipinski definition) is 2. The van der Waals surface area contributed by atoms with E-state index in [2.05, 4.69) is 22.2 Å².